The van der Waals surface area contributed by atoms with Gasteiger partial charge in [0, 0.05) is 28.1 Å². The van der Waals surface area contributed by atoms with Gasteiger partial charge in [-0.15, -0.1) is 0 Å². The zero-order chi connectivity index (χ0) is 13.1. The van der Waals surface area contributed by atoms with Crippen LogP contribution in [0, 0.1) is 6.92 Å². The molecule has 1 aromatic carbocycles. The van der Waals surface area contributed by atoms with Crippen LogP contribution in [0.3, 0.4) is 0 Å². The van der Waals surface area contributed by atoms with Crippen molar-refractivity contribution in [2.45, 2.75) is 13.0 Å². The first-order chi connectivity index (χ1) is 8.63. The average Bonchev–Trinajstić information content (AvgIpc) is 2.37. The van der Waals surface area contributed by atoms with Crippen LogP contribution < -0.4 is 17.0 Å². The van der Waals surface area contributed by atoms with Gasteiger partial charge in [-0.2, -0.15) is 0 Å². The van der Waals surface area contributed by atoms with Crippen molar-refractivity contribution in [3.05, 3.63) is 57.8 Å². The van der Waals surface area contributed by atoms with Gasteiger partial charge in [0.15, 0.2) is 0 Å². The van der Waals surface area contributed by atoms with Crippen molar-refractivity contribution in [2.75, 3.05) is 5.73 Å². The summed E-state index contributed by atoms with van der Waals surface area (Å²) in [6.45, 7) is 2.04. The second kappa shape index (κ2) is 5.48. The second-order valence-electron chi connectivity index (χ2n) is 4.11. The summed E-state index contributed by atoms with van der Waals surface area (Å²) in [5.74, 6) is 5.65. The van der Waals surface area contributed by atoms with Crippen molar-refractivity contribution >= 4 is 21.6 Å². The zero-order valence-electron chi connectivity index (χ0n) is 10.0. The summed E-state index contributed by atoms with van der Waals surface area (Å²) in [4.78, 5) is 4.09. The van der Waals surface area contributed by atoms with Crippen LogP contribution in [-0.2, 0) is 0 Å². The molecule has 1 atom stereocenters. The first-order valence-electron chi connectivity index (χ1n) is 5.55. The Kier molecular flexibility index (Phi) is 3.96. The third-order valence-electron chi connectivity index (χ3n) is 2.89. The number of pyridine rings is 1. The molecule has 0 aliphatic rings. The fourth-order valence-corrected chi connectivity index (χ4v) is 2.21. The van der Waals surface area contributed by atoms with E-state index in [1.54, 1.807) is 18.5 Å². The van der Waals surface area contributed by atoms with Crippen molar-refractivity contribution in [1.82, 2.24) is 10.4 Å². The molecule has 18 heavy (non-hydrogen) atoms. The topological polar surface area (TPSA) is 77.0 Å². The summed E-state index contributed by atoms with van der Waals surface area (Å²) in [5.41, 5.74) is 12.5. The second-order valence-corrected chi connectivity index (χ2v) is 4.97. The van der Waals surface area contributed by atoms with Gasteiger partial charge >= 0.3 is 0 Å². The Hall–Kier alpha value is -1.43. The number of anilines is 1. The van der Waals surface area contributed by atoms with E-state index in [0.29, 0.717) is 5.69 Å². The Morgan fingerprint density at radius 1 is 1.33 bits per heavy atom. The molecule has 0 fully saturated rings. The van der Waals surface area contributed by atoms with E-state index in [9.17, 15) is 0 Å². The smallest absolute Gasteiger partial charge is 0.0745 e. The molecule has 2 aromatic rings. The van der Waals surface area contributed by atoms with Crippen molar-refractivity contribution in [3.8, 4) is 0 Å². The highest BCUT2D eigenvalue weighted by Crippen LogP contribution is 2.28. The van der Waals surface area contributed by atoms with Crippen molar-refractivity contribution < 1.29 is 0 Å². The highest BCUT2D eigenvalue weighted by Gasteiger charge is 2.15. The van der Waals surface area contributed by atoms with Gasteiger partial charge < -0.3 is 5.73 Å². The van der Waals surface area contributed by atoms with Crippen molar-refractivity contribution in [2.24, 2.45) is 5.84 Å². The van der Waals surface area contributed by atoms with E-state index in [1.807, 2.05) is 25.1 Å². The van der Waals surface area contributed by atoms with Crippen LogP contribution in [0.4, 0.5) is 5.69 Å². The average molecular weight is 307 g/mol. The first kappa shape index (κ1) is 13.0. The molecule has 5 N–H and O–H groups in total. The minimum atomic E-state index is -0.171. The van der Waals surface area contributed by atoms with Gasteiger partial charge in [-0.25, -0.2) is 5.43 Å². The molecule has 0 saturated carbocycles. The summed E-state index contributed by atoms with van der Waals surface area (Å²) in [6.07, 6.45) is 3.39. The molecule has 94 valence electrons. The summed E-state index contributed by atoms with van der Waals surface area (Å²) in [7, 11) is 0. The third-order valence-corrected chi connectivity index (χ3v) is 3.75. The molecule has 0 radical (unpaired) electrons. The van der Waals surface area contributed by atoms with Crippen LogP contribution in [-0.4, -0.2) is 4.98 Å². The molecule has 0 bridgehead atoms. The number of nitrogens with two attached hydrogens (primary N) is 2. The third kappa shape index (κ3) is 2.53. The van der Waals surface area contributed by atoms with E-state index in [0.717, 1.165) is 15.6 Å². The molecular weight excluding hydrogens is 292 g/mol. The SMILES string of the molecule is Cc1ccc(C(NN)c2cnccc2N)cc1Br. The molecule has 1 aromatic heterocycles. The van der Waals surface area contributed by atoms with Crippen LogP contribution in [0.1, 0.15) is 22.7 Å². The van der Waals surface area contributed by atoms with E-state index in [4.69, 9.17) is 11.6 Å². The normalized spacial score (nSPS) is 12.4. The summed E-state index contributed by atoms with van der Waals surface area (Å²) in [5, 5.41) is 0. The number of aryl methyl sites for hydroxylation is 1. The van der Waals surface area contributed by atoms with Crippen LogP contribution in [0.5, 0.6) is 0 Å². The molecule has 0 saturated heterocycles. The highest BCUT2D eigenvalue weighted by molar-refractivity contribution is 9.10. The number of halogens is 1. The fourth-order valence-electron chi connectivity index (χ4n) is 1.81. The summed E-state index contributed by atoms with van der Waals surface area (Å²) in [6, 6.07) is 7.69. The van der Waals surface area contributed by atoms with Crippen molar-refractivity contribution in [3.63, 3.8) is 0 Å². The Balaban J connectivity index is 2.45. The molecule has 5 heteroatoms. The van der Waals surface area contributed by atoms with Gasteiger partial charge in [-0.3, -0.25) is 10.8 Å². The van der Waals surface area contributed by atoms with Gasteiger partial charge in [0.25, 0.3) is 0 Å². The van der Waals surface area contributed by atoms with E-state index < -0.39 is 0 Å². The number of nitrogens with zero attached hydrogens (tertiary/aromatic N) is 1. The van der Waals surface area contributed by atoms with Crippen LogP contribution >= 0.6 is 15.9 Å². The Labute approximate surface area is 115 Å². The maximum absolute atomic E-state index is 5.96. The predicted octanol–water partition coefficient (Wildman–Crippen LogP) is 2.29. The largest absolute Gasteiger partial charge is 0.398 e. The first-order valence-corrected chi connectivity index (χ1v) is 6.34. The van der Waals surface area contributed by atoms with Gasteiger partial charge in [0.1, 0.15) is 0 Å². The fraction of sp³-hybridized carbons (Fsp3) is 0.154. The molecule has 2 rings (SSSR count). The number of benzene rings is 1. The predicted molar refractivity (Wildman–Crippen MR) is 76.7 cm³/mol. The van der Waals surface area contributed by atoms with Gasteiger partial charge in [0.05, 0.1) is 6.04 Å². The quantitative estimate of drug-likeness (QED) is 0.600. The van der Waals surface area contributed by atoms with Gasteiger partial charge in [-0.1, -0.05) is 28.1 Å². The van der Waals surface area contributed by atoms with Gasteiger partial charge in [0.2, 0.25) is 0 Å². The van der Waals surface area contributed by atoms with Crippen LogP contribution in [0.25, 0.3) is 0 Å². The Morgan fingerprint density at radius 3 is 2.72 bits per heavy atom. The lowest BCUT2D eigenvalue weighted by Crippen LogP contribution is -2.29. The Morgan fingerprint density at radius 2 is 2.11 bits per heavy atom. The van der Waals surface area contributed by atoms with Gasteiger partial charge in [-0.05, 0) is 30.2 Å². The van der Waals surface area contributed by atoms with Crippen LogP contribution in [0.15, 0.2) is 41.1 Å². The van der Waals surface area contributed by atoms with E-state index in [-0.39, 0.29) is 6.04 Å². The lowest BCUT2D eigenvalue weighted by molar-refractivity contribution is 0.636. The number of hydrogen-bond donors (Lipinski definition) is 3. The number of nitrogens with one attached hydrogen (secondary N) is 1. The summed E-state index contributed by atoms with van der Waals surface area (Å²) >= 11 is 3.52. The molecular formula is C13H15BrN4. The molecule has 1 unspecified atom stereocenters. The molecule has 4 nitrogen and oxygen atoms in total. The monoisotopic (exact) mass is 306 g/mol. The molecule has 0 aliphatic carbocycles. The number of nitrogen functional groups attached to an aromatic ring is 1. The molecule has 0 spiro atoms. The van der Waals surface area contributed by atoms with Crippen LogP contribution in [0.2, 0.25) is 0 Å². The summed E-state index contributed by atoms with van der Waals surface area (Å²) < 4.78 is 1.04. The molecule has 0 amide bonds. The molecule has 0 aliphatic heterocycles. The number of rotatable bonds is 3. The lowest BCUT2D eigenvalue weighted by Gasteiger charge is -2.18. The number of hydrogen-bond acceptors (Lipinski definition) is 4. The zero-order valence-corrected chi connectivity index (χ0v) is 11.6. The maximum atomic E-state index is 5.96. The minimum Gasteiger partial charge on any atom is -0.398 e. The number of hydrazine groups is 1. The van der Waals surface area contributed by atoms with Crippen molar-refractivity contribution in [1.29, 1.82) is 0 Å². The lowest BCUT2D eigenvalue weighted by atomic mass is 9.98. The Bertz CT molecular complexity index is 556. The van der Waals surface area contributed by atoms with E-state index in [2.05, 4.69) is 26.3 Å². The van der Waals surface area contributed by atoms with E-state index >= 15 is 0 Å². The van der Waals surface area contributed by atoms with E-state index in [1.165, 1.54) is 5.56 Å². The maximum Gasteiger partial charge on any atom is 0.0745 e. The number of aromatic nitrogens is 1. The standard InChI is InChI=1S/C13H15BrN4/c1-8-2-3-9(6-11(8)14)13(18-16)10-7-17-5-4-12(10)15/h2-7,13,18H,16H2,1H3,(H2,15,17). The molecule has 1 heterocycles. The minimum absolute atomic E-state index is 0.171. The highest BCUT2D eigenvalue weighted by atomic mass is 79.9.